The highest BCUT2D eigenvalue weighted by Crippen LogP contribution is 2.34. The van der Waals surface area contributed by atoms with Crippen molar-refractivity contribution in [3.63, 3.8) is 0 Å². The average molecular weight is 206 g/mol. The fraction of sp³-hybridized carbons (Fsp3) is 0.417. The number of carbonyl (C=O) groups excluding carboxylic acids is 1. The van der Waals surface area contributed by atoms with Gasteiger partial charge in [0.25, 0.3) is 0 Å². The first kappa shape index (κ1) is 10.0. The van der Waals surface area contributed by atoms with Gasteiger partial charge in [-0.15, -0.1) is 0 Å². The van der Waals surface area contributed by atoms with Gasteiger partial charge < -0.3 is 9.47 Å². The number of carbonyl (C=O) groups is 1. The van der Waals surface area contributed by atoms with Gasteiger partial charge in [0.15, 0.2) is 17.3 Å². The van der Waals surface area contributed by atoms with Crippen LogP contribution in [0.25, 0.3) is 0 Å². The van der Waals surface area contributed by atoms with E-state index in [2.05, 4.69) is 0 Å². The second-order valence-corrected chi connectivity index (χ2v) is 3.74. The highest BCUT2D eigenvalue weighted by molar-refractivity contribution is 5.94. The summed E-state index contributed by atoms with van der Waals surface area (Å²) in [5.74, 6) is 1.39. The zero-order valence-electron chi connectivity index (χ0n) is 8.95. The van der Waals surface area contributed by atoms with E-state index in [0.29, 0.717) is 17.4 Å². The van der Waals surface area contributed by atoms with Gasteiger partial charge in [0, 0.05) is 5.56 Å². The number of ether oxygens (including phenoxy) is 2. The molecule has 0 radical (unpaired) electrons. The SMILES string of the molecule is COc1cc(C(C)=O)ccc1OC1CC1. The van der Waals surface area contributed by atoms with E-state index in [4.69, 9.17) is 9.47 Å². The number of hydrogen-bond acceptors (Lipinski definition) is 3. The third-order valence-corrected chi connectivity index (χ3v) is 2.39. The Labute approximate surface area is 89.0 Å². The van der Waals surface area contributed by atoms with Gasteiger partial charge in [-0.1, -0.05) is 0 Å². The molecular formula is C12H14O3. The molecule has 2 rings (SSSR count). The Balaban J connectivity index is 2.25. The molecule has 0 N–H and O–H groups in total. The summed E-state index contributed by atoms with van der Waals surface area (Å²) in [5, 5.41) is 0. The summed E-state index contributed by atoms with van der Waals surface area (Å²) in [7, 11) is 1.58. The second kappa shape index (κ2) is 3.93. The lowest BCUT2D eigenvalue weighted by Crippen LogP contribution is -2.00. The molecule has 0 amide bonds. The van der Waals surface area contributed by atoms with Crippen molar-refractivity contribution in [2.24, 2.45) is 0 Å². The van der Waals surface area contributed by atoms with Crippen LogP contribution in [-0.2, 0) is 0 Å². The van der Waals surface area contributed by atoms with Crippen molar-refractivity contribution in [3.05, 3.63) is 23.8 Å². The van der Waals surface area contributed by atoms with Crippen molar-refractivity contribution < 1.29 is 14.3 Å². The van der Waals surface area contributed by atoms with Crippen LogP contribution in [0.3, 0.4) is 0 Å². The van der Waals surface area contributed by atoms with Gasteiger partial charge in [-0.2, -0.15) is 0 Å². The summed E-state index contributed by atoms with van der Waals surface area (Å²) < 4.78 is 10.8. The van der Waals surface area contributed by atoms with Gasteiger partial charge >= 0.3 is 0 Å². The number of hydrogen-bond donors (Lipinski definition) is 0. The number of ketones is 1. The summed E-state index contributed by atoms with van der Waals surface area (Å²) in [6.07, 6.45) is 2.55. The molecule has 1 fully saturated rings. The normalized spacial score (nSPS) is 14.8. The molecule has 0 unspecified atom stereocenters. The Kier molecular flexibility index (Phi) is 2.62. The van der Waals surface area contributed by atoms with Gasteiger partial charge in [0.2, 0.25) is 0 Å². The number of benzene rings is 1. The van der Waals surface area contributed by atoms with Crippen molar-refractivity contribution >= 4 is 5.78 Å². The summed E-state index contributed by atoms with van der Waals surface area (Å²) in [6, 6.07) is 5.29. The molecule has 1 aliphatic carbocycles. The fourth-order valence-electron chi connectivity index (χ4n) is 1.35. The smallest absolute Gasteiger partial charge is 0.161 e. The topological polar surface area (TPSA) is 35.5 Å². The van der Waals surface area contributed by atoms with Crippen LogP contribution in [0.4, 0.5) is 0 Å². The summed E-state index contributed by atoms with van der Waals surface area (Å²) in [4.78, 5) is 11.2. The molecule has 0 saturated heterocycles. The van der Waals surface area contributed by atoms with Crippen LogP contribution >= 0.6 is 0 Å². The zero-order chi connectivity index (χ0) is 10.8. The van der Waals surface area contributed by atoms with Crippen LogP contribution < -0.4 is 9.47 Å². The van der Waals surface area contributed by atoms with Gasteiger partial charge in [-0.25, -0.2) is 0 Å². The maximum Gasteiger partial charge on any atom is 0.161 e. The minimum Gasteiger partial charge on any atom is -0.493 e. The van der Waals surface area contributed by atoms with E-state index < -0.39 is 0 Å². The van der Waals surface area contributed by atoms with Crippen LogP contribution in [0.5, 0.6) is 11.5 Å². The minimum absolute atomic E-state index is 0.0336. The Morgan fingerprint density at radius 2 is 2.07 bits per heavy atom. The number of methoxy groups -OCH3 is 1. The number of Topliss-reactive ketones (excluding diaryl/α,β-unsaturated/α-hetero) is 1. The van der Waals surface area contributed by atoms with E-state index in [9.17, 15) is 4.79 Å². The molecular weight excluding hydrogens is 192 g/mol. The van der Waals surface area contributed by atoms with E-state index in [1.54, 1.807) is 25.3 Å². The zero-order valence-corrected chi connectivity index (χ0v) is 8.95. The largest absolute Gasteiger partial charge is 0.493 e. The molecule has 0 aromatic heterocycles. The van der Waals surface area contributed by atoms with Gasteiger partial charge in [-0.05, 0) is 38.0 Å². The molecule has 0 heterocycles. The monoisotopic (exact) mass is 206 g/mol. The van der Waals surface area contributed by atoms with Gasteiger partial charge in [-0.3, -0.25) is 4.79 Å². The molecule has 15 heavy (non-hydrogen) atoms. The van der Waals surface area contributed by atoms with Crippen LogP contribution in [0.1, 0.15) is 30.1 Å². The molecule has 0 bridgehead atoms. The molecule has 0 aliphatic heterocycles. The molecule has 1 aliphatic rings. The first-order chi connectivity index (χ1) is 7.20. The Hall–Kier alpha value is -1.51. The summed E-state index contributed by atoms with van der Waals surface area (Å²) in [5.41, 5.74) is 0.648. The van der Waals surface area contributed by atoms with Crippen molar-refractivity contribution in [3.8, 4) is 11.5 Å². The quantitative estimate of drug-likeness (QED) is 0.710. The molecule has 80 valence electrons. The highest BCUT2D eigenvalue weighted by Gasteiger charge is 2.24. The maximum atomic E-state index is 11.2. The lowest BCUT2D eigenvalue weighted by atomic mass is 10.1. The third-order valence-electron chi connectivity index (χ3n) is 2.39. The van der Waals surface area contributed by atoms with Crippen molar-refractivity contribution in [1.29, 1.82) is 0 Å². The fourth-order valence-corrected chi connectivity index (χ4v) is 1.35. The van der Waals surface area contributed by atoms with Gasteiger partial charge in [0.1, 0.15) is 0 Å². The van der Waals surface area contributed by atoms with Crippen LogP contribution in [0, 0.1) is 0 Å². The first-order valence-corrected chi connectivity index (χ1v) is 5.06. The van der Waals surface area contributed by atoms with E-state index >= 15 is 0 Å². The van der Waals surface area contributed by atoms with E-state index in [1.165, 1.54) is 6.92 Å². The number of rotatable bonds is 4. The molecule has 1 saturated carbocycles. The Morgan fingerprint density at radius 3 is 2.60 bits per heavy atom. The van der Waals surface area contributed by atoms with Crippen LogP contribution in [-0.4, -0.2) is 19.0 Å². The lowest BCUT2D eigenvalue weighted by Gasteiger charge is -2.10. The predicted molar refractivity (Wildman–Crippen MR) is 56.6 cm³/mol. The molecule has 0 atom stereocenters. The van der Waals surface area contributed by atoms with Crippen LogP contribution in [0.2, 0.25) is 0 Å². The minimum atomic E-state index is 0.0336. The van der Waals surface area contributed by atoms with Crippen molar-refractivity contribution in [1.82, 2.24) is 0 Å². The van der Waals surface area contributed by atoms with Gasteiger partial charge in [0.05, 0.1) is 13.2 Å². The first-order valence-electron chi connectivity index (χ1n) is 5.06. The Morgan fingerprint density at radius 1 is 1.33 bits per heavy atom. The highest BCUT2D eigenvalue weighted by atomic mass is 16.5. The van der Waals surface area contributed by atoms with E-state index in [-0.39, 0.29) is 5.78 Å². The Bertz CT molecular complexity index is 380. The lowest BCUT2D eigenvalue weighted by molar-refractivity contribution is 0.101. The summed E-state index contributed by atoms with van der Waals surface area (Å²) >= 11 is 0. The standard InChI is InChI=1S/C12H14O3/c1-8(13)9-3-6-11(12(7-9)14-2)15-10-4-5-10/h3,6-7,10H,4-5H2,1-2H3. The van der Waals surface area contributed by atoms with E-state index in [1.807, 2.05) is 0 Å². The molecule has 0 spiro atoms. The molecule has 1 aromatic carbocycles. The summed E-state index contributed by atoms with van der Waals surface area (Å²) in [6.45, 7) is 1.54. The molecule has 1 aromatic rings. The van der Waals surface area contributed by atoms with E-state index in [0.717, 1.165) is 18.6 Å². The van der Waals surface area contributed by atoms with Crippen molar-refractivity contribution in [2.75, 3.05) is 7.11 Å². The van der Waals surface area contributed by atoms with Crippen molar-refractivity contribution in [2.45, 2.75) is 25.9 Å². The molecule has 3 nitrogen and oxygen atoms in total. The molecule has 3 heteroatoms. The second-order valence-electron chi connectivity index (χ2n) is 3.74. The predicted octanol–water partition coefficient (Wildman–Crippen LogP) is 2.44. The maximum absolute atomic E-state index is 11.2. The van der Waals surface area contributed by atoms with Crippen LogP contribution in [0.15, 0.2) is 18.2 Å². The third kappa shape index (κ3) is 2.29. The average Bonchev–Trinajstić information content (AvgIpc) is 3.02.